The van der Waals surface area contributed by atoms with E-state index in [0.717, 1.165) is 26.6 Å². The van der Waals surface area contributed by atoms with Crippen LogP contribution < -0.4 is 5.32 Å². The number of amides is 1. The van der Waals surface area contributed by atoms with Crippen LogP contribution in [0.1, 0.15) is 16.7 Å². The second kappa shape index (κ2) is 8.20. The zero-order valence-corrected chi connectivity index (χ0v) is 17.1. The highest BCUT2D eigenvalue weighted by Gasteiger charge is 2.14. The van der Waals surface area contributed by atoms with Crippen LogP contribution in [0, 0.1) is 20.8 Å². The molecule has 134 valence electrons. The molecule has 0 aliphatic rings. The lowest BCUT2D eigenvalue weighted by Gasteiger charge is -2.07. The smallest absolute Gasteiger partial charge is 0.236 e. The average Bonchev–Trinajstić information content (AvgIpc) is 3.01. The molecule has 0 atom stereocenters. The number of nitrogens with one attached hydrogen (secondary N) is 1. The fourth-order valence-electron chi connectivity index (χ4n) is 2.73. The van der Waals surface area contributed by atoms with Gasteiger partial charge < -0.3 is 0 Å². The van der Waals surface area contributed by atoms with E-state index in [-0.39, 0.29) is 5.91 Å². The Kier molecular flexibility index (Phi) is 5.96. The molecule has 7 heteroatoms. The number of thioether (sulfide) groups is 1. The van der Waals surface area contributed by atoms with Gasteiger partial charge in [0.15, 0.2) is 0 Å². The lowest BCUT2D eigenvalue weighted by Crippen LogP contribution is -2.13. The molecule has 2 aromatic carbocycles. The summed E-state index contributed by atoms with van der Waals surface area (Å²) < 4.78 is 0. The van der Waals surface area contributed by atoms with E-state index in [2.05, 4.69) is 48.4 Å². The maximum atomic E-state index is 12.2. The Morgan fingerprint density at radius 3 is 2.42 bits per heavy atom. The van der Waals surface area contributed by atoms with Gasteiger partial charge in [0, 0.05) is 15.5 Å². The van der Waals surface area contributed by atoms with Crippen LogP contribution >= 0.6 is 34.7 Å². The summed E-state index contributed by atoms with van der Waals surface area (Å²) in [5, 5.41) is 13.2. The van der Waals surface area contributed by atoms with E-state index in [9.17, 15) is 4.79 Å². The lowest BCUT2D eigenvalue weighted by atomic mass is 10.0. The van der Waals surface area contributed by atoms with Crippen molar-refractivity contribution in [1.29, 1.82) is 0 Å². The highest BCUT2D eigenvalue weighted by molar-refractivity contribution is 8.00. The molecule has 0 aliphatic heterocycles. The quantitative estimate of drug-likeness (QED) is 0.570. The number of nitrogens with zero attached hydrogens (tertiary/aromatic N) is 2. The SMILES string of the molecule is Cc1cc(C)c(-c2nnc(NC(=O)CSc3ccc(Cl)cc3)s2)c(C)c1. The molecular formula is C19H18ClN3OS2. The van der Waals surface area contributed by atoms with E-state index in [0.29, 0.717) is 15.9 Å². The van der Waals surface area contributed by atoms with Gasteiger partial charge in [-0.25, -0.2) is 0 Å². The number of anilines is 1. The number of aromatic nitrogens is 2. The van der Waals surface area contributed by atoms with E-state index < -0.39 is 0 Å². The van der Waals surface area contributed by atoms with E-state index in [1.807, 2.05) is 24.3 Å². The topological polar surface area (TPSA) is 54.9 Å². The van der Waals surface area contributed by atoms with Crippen molar-refractivity contribution >= 4 is 45.7 Å². The molecule has 4 nitrogen and oxygen atoms in total. The molecule has 0 saturated carbocycles. The first-order chi connectivity index (χ1) is 12.4. The molecule has 1 amide bonds. The van der Waals surface area contributed by atoms with Gasteiger partial charge in [-0.2, -0.15) is 0 Å². The first-order valence-electron chi connectivity index (χ1n) is 8.02. The van der Waals surface area contributed by atoms with E-state index in [1.54, 1.807) is 0 Å². The molecule has 0 spiro atoms. The van der Waals surface area contributed by atoms with Gasteiger partial charge in [0.2, 0.25) is 11.0 Å². The Bertz CT molecular complexity index is 915. The third-order valence-electron chi connectivity index (χ3n) is 3.75. The number of rotatable bonds is 5. The Labute approximate surface area is 166 Å². The highest BCUT2D eigenvalue weighted by atomic mass is 35.5. The van der Waals surface area contributed by atoms with Crippen LogP contribution in [0.4, 0.5) is 5.13 Å². The van der Waals surface area contributed by atoms with Gasteiger partial charge in [0.1, 0.15) is 5.01 Å². The molecule has 0 radical (unpaired) electrons. The molecule has 0 bridgehead atoms. The van der Waals surface area contributed by atoms with Crippen LogP contribution in [0.3, 0.4) is 0 Å². The van der Waals surface area contributed by atoms with Crippen LogP contribution in [-0.2, 0) is 4.79 Å². The minimum Gasteiger partial charge on any atom is -0.300 e. The first-order valence-corrected chi connectivity index (χ1v) is 10.2. The third-order valence-corrected chi connectivity index (χ3v) is 5.87. The molecule has 3 rings (SSSR count). The minimum absolute atomic E-state index is 0.106. The van der Waals surface area contributed by atoms with Crippen molar-refractivity contribution in [1.82, 2.24) is 10.2 Å². The van der Waals surface area contributed by atoms with Crippen molar-refractivity contribution in [3.63, 3.8) is 0 Å². The van der Waals surface area contributed by atoms with Crippen molar-refractivity contribution in [2.75, 3.05) is 11.1 Å². The van der Waals surface area contributed by atoms with Gasteiger partial charge in [0.05, 0.1) is 5.75 Å². The Morgan fingerprint density at radius 1 is 1.12 bits per heavy atom. The summed E-state index contributed by atoms with van der Waals surface area (Å²) in [5.41, 5.74) is 4.63. The number of halogens is 1. The summed E-state index contributed by atoms with van der Waals surface area (Å²) in [4.78, 5) is 13.2. The second-order valence-corrected chi connectivity index (χ2v) is 8.44. The fourth-order valence-corrected chi connectivity index (χ4v) is 4.49. The van der Waals surface area contributed by atoms with Crippen molar-refractivity contribution in [3.05, 3.63) is 58.1 Å². The summed E-state index contributed by atoms with van der Waals surface area (Å²) in [7, 11) is 0. The number of carbonyl (C=O) groups is 1. The molecule has 0 saturated heterocycles. The first kappa shape index (κ1) is 18.9. The molecule has 1 aromatic heterocycles. The highest BCUT2D eigenvalue weighted by Crippen LogP contribution is 2.32. The van der Waals surface area contributed by atoms with E-state index in [1.165, 1.54) is 28.7 Å². The van der Waals surface area contributed by atoms with Crippen LogP contribution in [0.2, 0.25) is 5.02 Å². The normalized spacial score (nSPS) is 10.8. The summed E-state index contributed by atoms with van der Waals surface area (Å²) in [6, 6.07) is 11.7. The summed E-state index contributed by atoms with van der Waals surface area (Å²) >= 11 is 8.71. The standard InChI is InChI=1S/C19H18ClN3OS2/c1-11-8-12(2)17(13(3)9-11)18-22-23-19(26-18)21-16(24)10-25-15-6-4-14(20)5-7-15/h4-9H,10H2,1-3H3,(H,21,23,24). The Morgan fingerprint density at radius 2 is 1.77 bits per heavy atom. The Hall–Kier alpha value is -1.89. The fraction of sp³-hybridized carbons (Fsp3) is 0.211. The number of carbonyl (C=O) groups excluding carboxylic acids is 1. The number of benzene rings is 2. The monoisotopic (exact) mass is 403 g/mol. The van der Waals surface area contributed by atoms with Gasteiger partial charge >= 0.3 is 0 Å². The maximum Gasteiger partial charge on any atom is 0.236 e. The van der Waals surface area contributed by atoms with E-state index in [4.69, 9.17) is 11.6 Å². The predicted molar refractivity (Wildman–Crippen MR) is 110 cm³/mol. The van der Waals surface area contributed by atoms with Crippen LogP contribution in [0.5, 0.6) is 0 Å². The third kappa shape index (κ3) is 4.63. The van der Waals surface area contributed by atoms with Gasteiger partial charge in [0.25, 0.3) is 0 Å². The van der Waals surface area contributed by atoms with Crippen molar-refractivity contribution in [3.8, 4) is 10.6 Å². The second-order valence-electron chi connectivity index (χ2n) is 5.98. The number of hydrogen-bond donors (Lipinski definition) is 1. The zero-order valence-electron chi connectivity index (χ0n) is 14.7. The molecule has 0 unspecified atom stereocenters. The Balaban J connectivity index is 1.65. The molecule has 26 heavy (non-hydrogen) atoms. The molecule has 0 fully saturated rings. The summed E-state index contributed by atoms with van der Waals surface area (Å²) in [5.74, 6) is 0.198. The predicted octanol–water partition coefficient (Wildman–Crippen LogP) is 5.51. The molecule has 3 aromatic rings. The minimum atomic E-state index is -0.106. The summed E-state index contributed by atoms with van der Waals surface area (Å²) in [6.07, 6.45) is 0. The zero-order chi connectivity index (χ0) is 18.7. The van der Waals surface area contributed by atoms with E-state index >= 15 is 0 Å². The number of hydrogen-bond acceptors (Lipinski definition) is 5. The number of aryl methyl sites for hydroxylation is 3. The molecule has 1 N–H and O–H groups in total. The average molecular weight is 404 g/mol. The van der Waals surface area contributed by atoms with Crippen LogP contribution in [0.25, 0.3) is 10.6 Å². The van der Waals surface area contributed by atoms with Crippen molar-refractivity contribution in [2.45, 2.75) is 25.7 Å². The van der Waals surface area contributed by atoms with Crippen molar-refractivity contribution in [2.24, 2.45) is 0 Å². The molecule has 0 aliphatic carbocycles. The van der Waals surface area contributed by atoms with Crippen LogP contribution in [-0.4, -0.2) is 21.9 Å². The van der Waals surface area contributed by atoms with Gasteiger partial charge in [-0.05, 0) is 56.2 Å². The molecular weight excluding hydrogens is 386 g/mol. The summed E-state index contributed by atoms with van der Waals surface area (Å²) in [6.45, 7) is 6.21. The van der Waals surface area contributed by atoms with Gasteiger partial charge in [-0.3, -0.25) is 10.1 Å². The van der Waals surface area contributed by atoms with Crippen molar-refractivity contribution < 1.29 is 4.79 Å². The lowest BCUT2D eigenvalue weighted by molar-refractivity contribution is -0.113. The van der Waals surface area contributed by atoms with Gasteiger partial charge in [-0.15, -0.1) is 22.0 Å². The van der Waals surface area contributed by atoms with Gasteiger partial charge in [-0.1, -0.05) is 40.6 Å². The maximum absolute atomic E-state index is 12.2. The van der Waals surface area contributed by atoms with Crippen LogP contribution in [0.15, 0.2) is 41.3 Å². The molecule has 1 heterocycles. The largest absolute Gasteiger partial charge is 0.300 e.